The van der Waals surface area contributed by atoms with Crippen LogP contribution in [0.15, 0.2) is 65.8 Å². The summed E-state index contributed by atoms with van der Waals surface area (Å²) in [6.45, 7) is 4.06. The molecule has 0 radical (unpaired) electrons. The van der Waals surface area contributed by atoms with Gasteiger partial charge in [-0.25, -0.2) is 5.43 Å². The molecule has 0 aliphatic rings. The van der Waals surface area contributed by atoms with E-state index in [-0.39, 0.29) is 5.91 Å². The van der Waals surface area contributed by atoms with E-state index in [0.717, 1.165) is 28.3 Å². The molecule has 0 bridgehead atoms. The van der Waals surface area contributed by atoms with E-state index in [1.165, 1.54) is 5.56 Å². The molecule has 1 amide bonds. The molecule has 3 aromatic carbocycles. The molecule has 0 unspecified atom stereocenters. The Balaban J connectivity index is 1.80. The second kappa shape index (κ2) is 7.09. The van der Waals surface area contributed by atoms with Crippen molar-refractivity contribution in [1.82, 2.24) is 5.43 Å². The molecule has 0 saturated carbocycles. The summed E-state index contributed by atoms with van der Waals surface area (Å²) in [7, 11) is 0. The summed E-state index contributed by atoms with van der Waals surface area (Å²) in [5.41, 5.74) is 6.49. The summed E-state index contributed by atoms with van der Waals surface area (Å²) in [5, 5.41) is 6.09. The lowest BCUT2D eigenvalue weighted by atomic mass is 9.99. The fourth-order valence-electron chi connectivity index (χ4n) is 2.74. The van der Waals surface area contributed by atoms with Crippen LogP contribution in [0.2, 0.25) is 0 Å². The van der Waals surface area contributed by atoms with Crippen molar-refractivity contribution in [2.24, 2.45) is 5.10 Å². The van der Waals surface area contributed by atoms with Crippen LogP contribution >= 0.6 is 0 Å². The molecule has 3 rings (SSSR count). The highest BCUT2D eigenvalue weighted by atomic mass is 16.2. The fraction of sp³-hybridized carbons (Fsp3) is 0.143. The van der Waals surface area contributed by atoms with Crippen LogP contribution in [0, 0.1) is 6.92 Å². The third-order valence-electron chi connectivity index (χ3n) is 4.13. The van der Waals surface area contributed by atoms with Crippen molar-refractivity contribution in [3.63, 3.8) is 0 Å². The average Bonchev–Trinajstić information content (AvgIpc) is 2.62. The van der Waals surface area contributed by atoms with E-state index in [4.69, 9.17) is 0 Å². The van der Waals surface area contributed by atoms with Gasteiger partial charge in [0.2, 0.25) is 0 Å². The van der Waals surface area contributed by atoms with Crippen molar-refractivity contribution in [1.29, 1.82) is 0 Å². The van der Waals surface area contributed by atoms with Crippen LogP contribution in [-0.2, 0) is 6.42 Å². The molecule has 3 aromatic rings. The zero-order valence-electron chi connectivity index (χ0n) is 13.9. The summed E-state index contributed by atoms with van der Waals surface area (Å²) < 4.78 is 0. The van der Waals surface area contributed by atoms with Gasteiger partial charge in [0.15, 0.2) is 0 Å². The Kier molecular flexibility index (Phi) is 4.71. The number of fused-ring (bicyclic) bond motifs is 1. The Morgan fingerprint density at radius 1 is 1.04 bits per heavy atom. The van der Waals surface area contributed by atoms with Crippen LogP contribution in [0.1, 0.15) is 34.0 Å². The molecular weight excluding hydrogens is 296 g/mol. The summed E-state index contributed by atoms with van der Waals surface area (Å²) in [6, 6.07) is 20.0. The number of hydrazone groups is 1. The first kappa shape index (κ1) is 15.9. The second-order valence-corrected chi connectivity index (χ2v) is 5.77. The maximum Gasteiger partial charge on any atom is 0.272 e. The first-order valence-corrected chi connectivity index (χ1v) is 8.09. The molecule has 0 heterocycles. The number of nitrogens with one attached hydrogen (secondary N) is 1. The van der Waals surface area contributed by atoms with Crippen molar-refractivity contribution >= 4 is 22.9 Å². The standard InChI is InChI=1S/C21H20N2O/c1-3-16-9-11-17(12-10-16)14-22-23-21(24)20-15(2)8-13-18-6-4-5-7-19(18)20/h4-14H,3H2,1-2H3,(H,23,24)/b22-14-. The molecule has 120 valence electrons. The first-order valence-electron chi connectivity index (χ1n) is 8.09. The zero-order valence-corrected chi connectivity index (χ0v) is 13.9. The smallest absolute Gasteiger partial charge is 0.267 e. The van der Waals surface area contributed by atoms with Crippen LogP contribution in [0.4, 0.5) is 0 Å². The molecule has 3 nitrogen and oxygen atoms in total. The minimum Gasteiger partial charge on any atom is -0.267 e. The average molecular weight is 316 g/mol. The molecule has 1 N–H and O–H groups in total. The van der Waals surface area contributed by atoms with E-state index in [0.29, 0.717) is 5.56 Å². The van der Waals surface area contributed by atoms with Crippen LogP contribution in [0.3, 0.4) is 0 Å². The van der Waals surface area contributed by atoms with Gasteiger partial charge >= 0.3 is 0 Å². The second-order valence-electron chi connectivity index (χ2n) is 5.77. The van der Waals surface area contributed by atoms with E-state index >= 15 is 0 Å². The SMILES string of the molecule is CCc1ccc(/C=N\NC(=O)c2c(C)ccc3ccccc23)cc1. The predicted octanol–water partition coefficient (Wildman–Crippen LogP) is 4.47. The molecular formula is C21H20N2O. The number of carbonyl (C=O) groups excluding carboxylic acids is 1. The van der Waals surface area contributed by atoms with Crippen molar-refractivity contribution in [2.45, 2.75) is 20.3 Å². The third kappa shape index (κ3) is 3.35. The van der Waals surface area contributed by atoms with E-state index in [1.807, 2.05) is 55.5 Å². The quantitative estimate of drug-likeness (QED) is 0.560. The van der Waals surface area contributed by atoms with Gasteiger partial charge in [0.1, 0.15) is 0 Å². The monoisotopic (exact) mass is 316 g/mol. The van der Waals surface area contributed by atoms with Crippen LogP contribution in [-0.4, -0.2) is 12.1 Å². The van der Waals surface area contributed by atoms with E-state index < -0.39 is 0 Å². The number of hydrogen-bond donors (Lipinski definition) is 1. The molecule has 0 fully saturated rings. The highest BCUT2D eigenvalue weighted by molar-refractivity contribution is 6.08. The van der Waals surface area contributed by atoms with E-state index in [9.17, 15) is 4.79 Å². The van der Waals surface area contributed by atoms with Gasteiger partial charge in [0.05, 0.1) is 11.8 Å². The molecule has 0 aromatic heterocycles. The zero-order chi connectivity index (χ0) is 16.9. The van der Waals surface area contributed by atoms with E-state index in [2.05, 4.69) is 29.6 Å². The summed E-state index contributed by atoms with van der Waals surface area (Å²) in [6.07, 6.45) is 2.67. The fourth-order valence-corrected chi connectivity index (χ4v) is 2.74. The number of rotatable bonds is 4. The highest BCUT2D eigenvalue weighted by Gasteiger charge is 2.12. The number of aryl methyl sites for hydroxylation is 2. The number of carbonyl (C=O) groups is 1. The predicted molar refractivity (Wildman–Crippen MR) is 99.6 cm³/mol. The molecule has 0 spiro atoms. The minimum absolute atomic E-state index is 0.189. The molecule has 0 aliphatic carbocycles. The van der Waals surface area contributed by atoms with Gasteiger partial charge in [-0.2, -0.15) is 5.10 Å². The third-order valence-corrected chi connectivity index (χ3v) is 4.13. The van der Waals surface area contributed by atoms with Gasteiger partial charge in [-0.05, 0) is 40.8 Å². The molecule has 0 saturated heterocycles. The number of amides is 1. The lowest BCUT2D eigenvalue weighted by Gasteiger charge is -2.08. The summed E-state index contributed by atoms with van der Waals surface area (Å²) >= 11 is 0. The van der Waals surface area contributed by atoms with Gasteiger partial charge in [-0.1, -0.05) is 67.6 Å². The Morgan fingerprint density at radius 3 is 2.54 bits per heavy atom. The topological polar surface area (TPSA) is 41.5 Å². The molecule has 24 heavy (non-hydrogen) atoms. The summed E-state index contributed by atoms with van der Waals surface area (Å²) in [4.78, 5) is 12.5. The summed E-state index contributed by atoms with van der Waals surface area (Å²) in [5.74, 6) is -0.189. The lowest BCUT2D eigenvalue weighted by Crippen LogP contribution is -2.19. The molecule has 0 atom stereocenters. The molecule has 3 heteroatoms. The van der Waals surface area contributed by atoms with Gasteiger partial charge in [0.25, 0.3) is 5.91 Å². The Hall–Kier alpha value is -2.94. The maximum absolute atomic E-state index is 12.5. The highest BCUT2D eigenvalue weighted by Crippen LogP contribution is 2.22. The van der Waals surface area contributed by atoms with Gasteiger partial charge in [-0.15, -0.1) is 0 Å². The number of nitrogens with zero attached hydrogens (tertiary/aromatic N) is 1. The minimum atomic E-state index is -0.189. The van der Waals surface area contributed by atoms with Gasteiger partial charge < -0.3 is 0 Å². The van der Waals surface area contributed by atoms with Crippen LogP contribution < -0.4 is 5.43 Å². The first-order chi connectivity index (χ1) is 11.7. The Morgan fingerprint density at radius 2 is 1.79 bits per heavy atom. The normalized spacial score (nSPS) is 11.1. The van der Waals surface area contributed by atoms with Gasteiger partial charge in [0, 0.05) is 0 Å². The lowest BCUT2D eigenvalue weighted by molar-refractivity contribution is 0.0956. The Bertz CT molecular complexity index is 895. The van der Waals surface area contributed by atoms with E-state index in [1.54, 1.807) is 6.21 Å². The van der Waals surface area contributed by atoms with Crippen molar-refractivity contribution in [3.8, 4) is 0 Å². The van der Waals surface area contributed by atoms with Gasteiger partial charge in [-0.3, -0.25) is 4.79 Å². The van der Waals surface area contributed by atoms with Crippen molar-refractivity contribution in [2.75, 3.05) is 0 Å². The van der Waals surface area contributed by atoms with Crippen LogP contribution in [0.5, 0.6) is 0 Å². The number of benzene rings is 3. The largest absolute Gasteiger partial charge is 0.272 e. The number of hydrogen-bond acceptors (Lipinski definition) is 2. The van der Waals surface area contributed by atoms with Crippen LogP contribution in [0.25, 0.3) is 10.8 Å². The van der Waals surface area contributed by atoms with Crippen molar-refractivity contribution in [3.05, 3.63) is 82.9 Å². The Labute approximate surface area is 142 Å². The molecule has 0 aliphatic heterocycles. The van der Waals surface area contributed by atoms with Crippen molar-refractivity contribution < 1.29 is 4.79 Å². The maximum atomic E-state index is 12.5.